The maximum absolute atomic E-state index is 11.9. The van der Waals surface area contributed by atoms with Crippen molar-refractivity contribution in [3.8, 4) is 5.75 Å². The fraction of sp³-hybridized carbons (Fsp3) is 0.400. The molecule has 0 bridgehead atoms. The zero-order valence-electron chi connectivity index (χ0n) is 11.7. The van der Waals surface area contributed by atoms with Crippen molar-refractivity contribution in [3.05, 3.63) is 36.0 Å². The van der Waals surface area contributed by atoms with Crippen LogP contribution in [0.15, 0.2) is 30.5 Å². The number of allylic oxidation sites excluding steroid dienone is 1. The summed E-state index contributed by atoms with van der Waals surface area (Å²) in [7, 11) is 2.07. The van der Waals surface area contributed by atoms with E-state index in [4.69, 9.17) is 4.74 Å². The van der Waals surface area contributed by atoms with Gasteiger partial charge < -0.3 is 4.74 Å². The number of unbranched alkanes of at least 4 members (excludes halogenated alkanes) is 1. The number of hydrogen-bond donors (Lipinski definition) is 0. The maximum Gasteiger partial charge on any atom is 0.197 e. The van der Waals surface area contributed by atoms with Crippen LogP contribution in [-0.4, -0.2) is 25.7 Å². The zero-order chi connectivity index (χ0) is 13.9. The minimum Gasteiger partial charge on any atom is -0.493 e. The normalized spacial score (nSPS) is 21.3. The van der Waals surface area contributed by atoms with Gasteiger partial charge in [-0.05, 0) is 18.6 Å². The van der Waals surface area contributed by atoms with Crippen LogP contribution >= 0.6 is 11.9 Å². The highest BCUT2D eigenvalue weighted by Crippen LogP contribution is 2.38. The second kappa shape index (κ2) is 5.80. The van der Waals surface area contributed by atoms with Gasteiger partial charge in [-0.3, -0.25) is 4.79 Å². The van der Waals surface area contributed by atoms with Crippen LogP contribution < -0.4 is 8.63 Å². The predicted octanol–water partition coefficient (Wildman–Crippen LogP) is 3.79. The highest BCUT2D eigenvalue weighted by Gasteiger charge is 2.32. The molecule has 1 aliphatic heterocycles. The molecule has 2 rings (SSSR count). The lowest BCUT2D eigenvalue weighted by atomic mass is 10.0. The number of fused-ring (bicyclic) bond motifs is 1. The summed E-state index contributed by atoms with van der Waals surface area (Å²) >= 11 is 1.67. The molecule has 0 fully saturated rings. The second-order valence-electron chi connectivity index (χ2n) is 4.73. The van der Waals surface area contributed by atoms with Crippen LogP contribution in [0.25, 0.3) is 0 Å². The standard InChI is InChI=1S/C15H20NO2S/c1-4-5-10-18-12-6-7-13-14(11-12)16(2,19-3)9-8-15(13)17/h6-9,11H,4-5,10H2,1-3H3/q+1. The Morgan fingerprint density at radius 2 is 2.16 bits per heavy atom. The van der Waals surface area contributed by atoms with E-state index < -0.39 is 0 Å². The van der Waals surface area contributed by atoms with Gasteiger partial charge in [-0.2, -0.15) is 0 Å². The molecule has 0 N–H and O–H groups in total. The van der Waals surface area contributed by atoms with Crippen LogP contribution in [0.2, 0.25) is 0 Å². The average Bonchev–Trinajstić information content (AvgIpc) is 2.44. The lowest BCUT2D eigenvalue weighted by molar-refractivity contribution is 0.104. The molecule has 19 heavy (non-hydrogen) atoms. The van der Waals surface area contributed by atoms with Gasteiger partial charge in [0, 0.05) is 18.4 Å². The van der Waals surface area contributed by atoms with E-state index in [1.54, 1.807) is 18.0 Å². The summed E-state index contributed by atoms with van der Waals surface area (Å²) in [4.78, 5) is 11.9. The van der Waals surface area contributed by atoms with Gasteiger partial charge in [0.25, 0.3) is 0 Å². The van der Waals surface area contributed by atoms with E-state index in [0.29, 0.717) is 3.89 Å². The Morgan fingerprint density at radius 3 is 2.84 bits per heavy atom. The predicted molar refractivity (Wildman–Crippen MR) is 81.5 cm³/mol. The Balaban J connectivity index is 2.32. The first-order valence-corrected chi connectivity index (χ1v) is 7.72. The summed E-state index contributed by atoms with van der Waals surface area (Å²) in [6.45, 7) is 2.86. The SMILES string of the molecule is CCCCOc1ccc2c(c1)[N+](C)(SC)C=CC2=O. The Labute approximate surface area is 119 Å². The van der Waals surface area contributed by atoms with Crippen LogP contribution in [0.3, 0.4) is 0 Å². The zero-order valence-corrected chi connectivity index (χ0v) is 12.5. The summed E-state index contributed by atoms with van der Waals surface area (Å²) < 4.78 is 6.29. The molecule has 0 saturated carbocycles. The van der Waals surface area contributed by atoms with E-state index in [0.717, 1.165) is 36.4 Å². The van der Waals surface area contributed by atoms with E-state index in [1.807, 2.05) is 30.7 Å². The molecular weight excluding hydrogens is 258 g/mol. The third-order valence-electron chi connectivity index (χ3n) is 3.37. The van der Waals surface area contributed by atoms with Crippen molar-refractivity contribution < 1.29 is 9.53 Å². The van der Waals surface area contributed by atoms with Crippen LogP contribution in [0.1, 0.15) is 30.1 Å². The van der Waals surface area contributed by atoms with Gasteiger partial charge in [0.15, 0.2) is 11.5 Å². The van der Waals surface area contributed by atoms with E-state index in [2.05, 4.69) is 14.0 Å². The smallest absolute Gasteiger partial charge is 0.197 e. The molecule has 3 nitrogen and oxygen atoms in total. The molecule has 4 heteroatoms. The summed E-state index contributed by atoms with van der Waals surface area (Å²) in [5.74, 6) is 0.911. The first-order chi connectivity index (χ1) is 9.10. The number of carbonyl (C=O) groups is 1. The number of hydrogen-bond acceptors (Lipinski definition) is 3. The number of benzene rings is 1. The first-order valence-electron chi connectivity index (χ1n) is 6.53. The van der Waals surface area contributed by atoms with Crippen molar-refractivity contribution in [1.82, 2.24) is 3.89 Å². The van der Waals surface area contributed by atoms with Crippen molar-refractivity contribution >= 4 is 23.4 Å². The van der Waals surface area contributed by atoms with Crippen molar-refractivity contribution in [1.29, 1.82) is 0 Å². The quantitative estimate of drug-likeness (QED) is 0.465. The molecule has 102 valence electrons. The van der Waals surface area contributed by atoms with Gasteiger partial charge in [0.05, 0.1) is 31.2 Å². The first kappa shape index (κ1) is 14.2. The third kappa shape index (κ3) is 2.85. The second-order valence-corrected chi connectivity index (χ2v) is 5.86. The maximum atomic E-state index is 11.9. The third-order valence-corrected chi connectivity index (χ3v) is 4.45. The minimum atomic E-state index is 0.0692. The number of nitrogens with zero attached hydrogens (tertiary/aromatic N) is 1. The molecule has 0 spiro atoms. The number of rotatable bonds is 5. The van der Waals surface area contributed by atoms with Crippen LogP contribution in [0.4, 0.5) is 5.69 Å². The Hall–Kier alpha value is -1.26. The fourth-order valence-corrected chi connectivity index (χ4v) is 2.58. The van der Waals surface area contributed by atoms with E-state index >= 15 is 0 Å². The van der Waals surface area contributed by atoms with Crippen LogP contribution in [0.5, 0.6) is 5.75 Å². The lowest BCUT2D eigenvalue weighted by Gasteiger charge is -2.29. The highest BCUT2D eigenvalue weighted by atomic mass is 32.2. The Bertz CT molecular complexity index is 513. The molecular formula is C15H20NO2S+. The highest BCUT2D eigenvalue weighted by molar-refractivity contribution is 7.98. The van der Waals surface area contributed by atoms with E-state index in [-0.39, 0.29) is 5.78 Å². The summed E-state index contributed by atoms with van der Waals surface area (Å²) in [6, 6.07) is 5.74. The van der Waals surface area contributed by atoms with Crippen molar-refractivity contribution in [3.63, 3.8) is 0 Å². The van der Waals surface area contributed by atoms with Gasteiger partial charge >= 0.3 is 0 Å². The van der Waals surface area contributed by atoms with E-state index in [9.17, 15) is 4.79 Å². The van der Waals surface area contributed by atoms with Crippen molar-refractivity contribution in [2.24, 2.45) is 0 Å². The van der Waals surface area contributed by atoms with Gasteiger partial charge in [0.1, 0.15) is 11.9 Å². The average molecular weight is 278 g/mol. The monoisotopic (exact) mass is 278 g/mol. The molecule has 1 unspecified atom stereocenters. The fourth-order valence-electron chi connectivity index (χ4n) is 2.05. The summed E-state index contributed by atoms with van der Waals surface area (Å²) in [5.41, 5.74) is 1.76. The molecule has 1 heterocycles. The number of ketones is 1. The largest absolute Gasteiger partial charge is 0.493 e. The molecule has 0 aromatic heterocycles. The molecule has 0 amide bonds. The van der Waals surface area contributed by atoms with Gasteiger partial charge in [-0.1, -0.05) is 13.3 Å². The van der Waals surface area contributed by atoms with Crippen molar-refractivity contribution in [2.75, 3.05) is 19.9 Å². The molecule has 0 aliphatic carbocycles. The van der Waals surface area contributed by atoms with Crippen LogP contribution in [0, 0.1) is 0 Å². The van der Waals surface area contributed by atoms with Gasteiger partial charge in [-0.25, -0.2) is 3.89 Å². The van der Waals surface area contributed by atoms with Gasteiger partial charge in [0.2, 0.25) is 0 Å². The molecule has 1 aromatic rings. The molecule has 1 aromatic carbocycles. The molecule has 0 saturated heterocycles. The number of quaternary nitrogens is 1. The Morgan fingerprint density at radius 1 is 1.37 bits per heavy atom. The molecule has 1 aliphatic rings. The number of carbonyl (C=O) groups excluding carboxylic acids is 1. The Kier molecular flexibility index (Phi) is 4.32. The lowest BCUT2D eigenvalue weighted by Crippen LogP contribution is -2.34. The van der Waals surface area contributed by atoms with E-state index in [1.165, 1.54) is 0 Å². The van der Waals surface area contributed by atoms with Gasteiger partial charge in [-0.15, -0.1) is 0 Å². The summed E-state index contributed by atoms with van der Waals surface area (Å²) in [5, 5.41) is 0. The molecule has 0 radical (unpaired) electrons. The summed E-state index contributed by atoms with van der Waals surface area (Å²) in [6.07, 6.45) is 7.77. The van der Waals surface area contributed by atoms with Crippen molar-refractivity contribution in [2.45, 2.75) is 19.8 Å². The topological polar surface area (TPSA) is 26.3 Å². The minimum absolute atomic E-state index is 0.0692. The van der Waals surface area contributed by atoms with Crippen LogP contribution in [-0.2, 0) is 0 Å². The number of ether oxygens (including phenoxy) is 1. The molecule has 1 atom stereocenters.